The molecule has 0 saturated carbocycles. The molecule has 0 aliphatic carbocycles. The van der Waals surface area contributed by atoms with Crippen LogP contribution in [0.15, 0.2) is 28.5 Å². The second-order valence-electron chi connectivity index (χ2n) is 5.36. The Morgan fingerprint density at radius 1 is 1.04 bits per heavy atom. The van der Waals surface area contributed by atoms with Crippen molar-refractivity contribution in [1.29, 1.82) is 0 Å². The molecule has 24 heavy (non-hydrogen) atoms. The van der Waals surface area contributed by atoms with E-state index in [0.29, 0.717) is 47.4 Å². The fourth-order valence-electron chi connectivity index (χ4n) is 2.56. The van der Waals surface area contributed by atoms with Crippen LogP contribution in [-0.2, 0) is 16.6 Å². The van der Waals surface area contributed by atoms with Gasteiger partial charge in [-0.2, -0.15) is 4.31 Å². The molecule has 1 aliphatic heterocycles. The minimum absolute atomic E-state index is 0.286. The Kier molecular flexibility index (Phi) is 5.71. The number of nitrogens with zero attached hydrogens (tertiary/aromatic N) is 3. The normalized spacial score (nSPS) is 17.3. The SMILES string of the molecule is O=S(=O)(c1ccc(Cl)s1)N1CCN(Cc2cc(Cl)nc(Cl)c2)CC1. The van der Waals surface area contributed by atoms with Gasteiger partial charge in [-0.1, -0.05) is 34.8 Å². The highest BCUT2D eigenvalue weighted by Gasteiger charge is 2.29. The molecule has 0 N–H and O–H groups in total. The van der Waals surface area contributed by atoms with E-state index >= 15 is 0 Å². The smallest absolute Gasteiger partial charge is 0.252 e. The molecule has 0 atom stereocenters. The van der Waals surface area contributed by atoms with Crippen LogP contribution in [0.25, 0.3) is 0 Å². The summed E-state index contributed by atoms with van der Waals surface area (Å²) in [7, 11) is -3.46. The van der Waals surface area contributed by atoms with E-state index in [9.17, 15) is 8.42 Å². The maximum atomic E-state index is 12.6. The van der Waals surface area contributed by atoms with Gasteiger partial charge in [0.1, 0.15) is 14.5 Å². The van der Waals surface area contributed by atoms with Crippen molar-refractivity contribution in [2.75, 3.05) is 26.2 Å². The Balaban J connectivity index is 1.63. The zero-order chi connectivity index (χ0) is 17.3. The number of aromatic nitrogens is 1. The van der Waals surface area contributed by atoms with E-state index in [-0.39, 0.29) is 4.21 Å². The molecule has 0 bridgehead atoms. The van der Waals surface area contributed by atoms with Crippen molar-refractivity contribution in [3.8, 4) is 0 Å². The van der Waals surface area contributed by atoms with Crippen LogP contribution in [0.2, 0.25) is 14.6 Å². The molecule has 3 heterocycles. The van der Waals surface area contributed by atoms with Gasteiger partial charge in [0, 0.05) is 32.7 Å². The summed E-state index contributed by atoms with van der Waals surface area (Å²) in [6.07, 6.45) is 0. The largest absolute Gasteiger partial charge is 0.296 e. The first kappa shape index (κ1) is 18.4. The predicted molar refractivity (Wildman–Crippen MR) is 97.6 cm³/mol. The number of hydrogen-bond donors (Lipinski definition) is 0. The van der Waals surface area contributed by atoms with Gasteiger partial charge in [-0.15, -0.1) is 11.3 Å². The monoisotopic (exact) mass is 425 g/mol. The predicted octanol–water partition coefficient (Wildman–Crippen LogP) is 3.61. The summed E-state index contributed by atoms with van der Waals surface area (Å²) >= 11 is 18.7. The quantitative estimate of drug-likeness (QED) is 0.701. The van der Waals surface area contributed by atoms with Gasteiger partial charge in [-0.3, -0.25) is 4.90 Å². The van der Waals surface area contributed by atoms with Gasteiger partial charge in [0.25, 0.3) is 10.0 Å². The van der Waals surface area contributed by atoms with Crippen LogP contribution in [0.4, 0.5) is 0 Å². The highest BCUT2D eigenvalue weighted by atomic mass is 35.5. The van der Waals surface area contributed by atoms with E-state index in [1.165, 1.54) is 4.31 Å². The van der Waals surface area contributed by atoms with Crippen molar-refractivity contribution < 1.29 is 8.42 Å². The van der Waals surface area contributed by atoms with Crippen LogP contribution in [0.1, 0.15) is 5.56 Å². The lowest BCUT2D eigenvalue weighted by molar-refractivity contribution is 0.182. The molecule has 1 saturated heterocycles. The Morgan fingerprint density at radius 2 is 1.67 bits per heavy atom. The molecule has 1 fully saturated rings. The minimum atomic E-state index is -3.46. The molecule has 130 valence electrons. The highest BCUT2D eigenvalue weighted by Crippen LogP contribution is 2.28. The second-order valence-corrected chi connectivity index (χ2v) is 10.0. The number of thiophene rings is 1. The van der Waals surface area contributed by atoms with E-state index in [1.54, 1.807) is 24.3 Å². The molecular weight excluding hydrogens is 413 g/mol. The summed E-state index contributed by atoms with van der Waals surface area (Å²) in [6, 6.07) is 6.69. The van der Waals surface area contributed by atoms with Gasteiger partial charge in [-0.05, 0) is 29.8 Å². The maximum Gasteiger partial charge on any atom is 0.252 e. The third kappa shape index (κ3) is 4.22. The van der Waals surface area contributed by atoms with E-state index in [4.69, 9.17) is 34.8 Å². The first-order valence-electron chi connectivity index (χ1n) is 7.14. The number of hydrogen-bond acceptors (Lipinski definition) is 5. The Hall–Kier alpha value is -0.410. The molecule has 3 rings (SSSR count). The second kappa shape index (κ2) is 7.45. The molecular formula is C14H14Cl3N3O2S2. The maximum absolute atomic E-state index is 12.6. The van der Waals surface area contributed by atoms with Crippen LogP contribution < -0.4 is 0 Å². The Morgan fingerprint density at radius 3 is 2.21 bits per heavy atom. The summed E-state index contributed by atoms with van der Waals surface area (Å²) < 4.78 is 27.4. The number of piperazine rings is 1. The summed E-state index contributed by atoms with van der Waals surface area (Å²) in [4.78, 5) is 6.08. The Bertz CT molecular complexity index is 813. The van der Waals surface area contributed by atoms with Crippen LogP contribution >= 0.6 is 46.1 Å². The van der Waals surface area contributed by atoms with E-state index < -0.39 is 10.0 Å². The van der Waals surface area contributed by atoms with Gasteiger partial charge in [0.05, 0.1) is 4.34 Å². The standard InChI is InChI=1S/C14H14Cl3N3O2S2/c15-11-7-10(8-12(16)18-11)9-19-3-5-20(6-4-19)24(21,22)14-2-1-13(17)23-14/h1-2,7-8H,3-6,9H2. The van der Waals surface area contributed by atoms with Crippen molar-refractivity contribution in [3.63, 3.8) is 0 Å². The fraction of sp³-hybridized carbons (Fsp3) is 0.357. The topological polar surface area (TPSA) is 53.5 Å². The molecule has 1 aliphatic rings. The highest BCUT2D eigenvalue weighted by molar-refractivity contribution is 7.91. The molecule has 0 unspecified atom stereocenters. The number of rotatable bonds is 4. The molecule has 10 heteroatoms. The first-order valence-corrected chi connectivity index (χ1v) is 10.5. The Labute approximate surface area is 159 Å². The lowest BCUT2D eigenvalue weighted by Crippen LogP contribution is -2.48. The van der Waals surface area contributed by atoms with Crippen molar-refractivity contribution in [1.82, 2.24) is 14.2 Å². The van der Waals surface area contributed by atoms with Gasteiger partial charge in [-0.25, -0.2) is 13.4 Å². The average molecular weight is 427 g/mol. The summed E-state index contributed by atoms with van der Waals surface area (Å²) in [5.74, 6) is 0. The zero-order valence-corrected chi connectivity index (χ0v) is 16.4. The van der Waals surface area contributed by atoms with Crippen LogP contribution in [0, 0.1) is 0 Å². The number of pyridine rings is 1. The van der Waals surface area contributed by atoms with Crippen molar-refractivity contribution in [2.24, 2.45) is 0 Å². The number of sulfonamides is 1. The van der Waals surface area contributed by atoms with Gasteiger partial charge < -0.3 is 0 Å². The molecule has 0 radical (unpaired) electrons. The van der Waals surface area contributed by atoms with E-state index in [1.807, 2.05) is 0 Å². The fourth-order valence-corrected chi connectivity index (χ4v) is 6.12. The summed E-state index contributed by atoms with van der Waals surface area (Å²) in [6.45, 7) is 2.79. The van der Waals surface area contributed by atoms with E-state index in [0.717, 1.165) is 16.9 Å². The molecule has 0 amide bonds. The summed E-state index contributed by atoms with van der Waals surface area (Å²) in [5.41, 5.74) is 0.960. The van der Waals surface area contributed by atoms with Crippen molar-refractivity contribution >= 4 is 56.2 Å². The lowest BCUT2D eigenvalue weighted by atomic mass is 10.2. The third-order valence-corrected chi connectivity index (χ3v) is 7.69. The van der Waals surface area contributed by atoms with E-state index in [2.05, 4.69) is 9.88 Å². The van der Waals surface area contributed by atoms with Crippen molar-refractivity contribution in [3.05, 3.63) is 44.5 Å². The lowest BCUT2D eigenvalue weighted by Gasteiger charge is -2.33. The first-order chi connectivity index (χ1) is 11.3. The molecule has 2 aromatic heterocycles. The van der Waals surface area contributed by atoms with Crippen molar-refractivity contribution in [2.45, 2.75) is 10.8 Å². The van der Waals surface area contributed by atoms with Crippen LogP contribution in [0.5, 0.6) is 0 Å². The molecule has 2 aromatic rings. The third-order valence-electron chi connectivity index (χ3n) is 3.70. The van der Waals surface area contributed by atoms with Gasteiger partial charge in [0.15, 0.2) is 0 Å². The summed E-state index contributed by atoms with van der Waals surface area (Å²) in [5, 5.41) is 0.710. The molecule has 0 aromatic carbocycles. The van der Waals surface area contributed by atoms with Gasteiger partial charge >= 0.3 is 0 Å². The zero-order valence-electron chi connectivity index (χ0n) is 12.5. The van der Waals surface area contributed by atoms with Gasteiger partial charge in [0.2, 0.25) is 0 Å². The molecule has 5 nitrogen and oxygen atoms in total. The van der Waals surface area contributed by atoms with Crippen LogP contribution in [-0.4, -0.2) is 48.8 Å². The average Bonchev–Trinajstić information content (AvgIpc) is 2.94. The van der Waals surface area contributed by atoms with Crippen LogP contribution in [0.3, 0.4) is 0 Å². The number of halogens is 3. The minimum Gasteiger partial charge on any atom is -0.296 e. The molecule has 0 spiro atoms.